The molecule has 0 spiro atoms. The molecule has 0 heterocycles. The smallest absolute Gasteiger partial charge is 0.452 e. The van der Waals surface area contributed by atoms with E-state index >= 15 is 8.78 Å². The van der Waals surface area contributed by atoms with E-state index in [1.807, 2.05) is 10.6 Å². The lowest BCUT2D eigenvalue weighted by molar-refractivity contribution is -0.175. The van der Waals surface area contributed by atoms with Crippen molar-refractivity contribution in [3.63, 3.8) is 0 Å². The van der Waals surface area contributed by atoms with Crippen molar-refractivity contribution in [1.82, 2.24) is 16.0 Å². The molecule has 3 aromatic carbocycles. The second-order valence-electron chi connectivity index (χ2n) is 11.4. The van der Waals surface area contributed by atoms with Crippen LogP contribution in [0.2, 0.25) is 5.02 Å². The van der Waals surface area contributed by atoms with E-state index in [9.17, 15) is 37.1 Å². The van der Waals surface area contributed by atoms with Gasteiger partial charge in [0.15, 0.2) is 6.61 Å². The third kappa shape index (κ3) is 10.9. The van der Waals surface area contributed by atoms with Crippen LogP contribution in [0.3, 0.4) is 0 Å². The second kappa shape index (κ2) is 17.1. The van der Waals surface area contributed by atoms with Crippen LogP contribution in [0.5, 0.6) is 11.5 Å². The third-order valence-corrected chi connectivity index (χ3v) is 7.67. The van der Waals surface area contributed by atoms with E-state index in [-0.39, 0.29) is 16.9 Å². The summed E-state index contributed by atoms with van der Waals surface area (Å²) in [4.78, 5) is 63.7. The number of rotatable bonds is 16. The maximum atomic E-state index is 15.4. The van der Waals surface area contributed by atoms with Gasteiger partial charge in [-0.25, -0.2) is 4.79 Å². The lowest BCUT2D eigenvalue weighted by Crippen LogP contribution is -2.56. The Hall–Kier alpha value is -5.25. The molecule has 17 heteroatoms. The highest BCUT2D eigenvalue weighted by Gasteiger charge is 2.46. The van der Waals surface area contributed by atoms with Gasteiger partial charge in [0, 0.05) is 12.0 Å². The average molecular weight is 742 g/mol. The monoisotopic (exact) mass is 741 g/mol. The number of nitrogens with one attached hydrogen (secondary N) is 3. The Labute approximate surface area is 293 Å². The van der Waals surface area contributed by atoms with Crippen LogP contribution in [-0.2, 0) is 36.3 Å². The first-order valence-corrected chi connectivity index (χ1v) is 15.5. The molecule has 11 nitrogen and oxygen atoms in total. The minimum atomic E-state index is -5.31. The fourth-order valence-electron chi connectivity index (χ4n) is 4.73. The van der Waals surface area contributed by atoms with Crippen molar-refractivity contribution in [2.45, 2.75) is 50.5 Å². The highest BCUT2D eigenvalue weighted by molar-refractivity contribution is 6.31. The number of ketones is 1. The van der Waals surface area contributed by atoms with E-state index in [0.717, 1.165) is 12.1 Å². The van der Waals surface area contributed by atoms with Gasteiger partial charge in [0.2, 0.25) is 11.8 Å². The summed E-state index contributed by atoms with van der Waals surface area (Å²) in [5.41, 5.74) is -0.711. The topological polar surface area (TPSA) is 160 Å². The van der Waals surface area contributed by atoms with E-state index in [1.165, 1.54) is 81.6 Å². The number of Topliss-reactive ketones (excluding diaryl/α,β-unsaturated/α-hetero) is 1. The van der Waals surface area contributed by atoms with Crippen molar-refractivity contribution in [2.75, 3.05) is 13.7 Å². The molecule has 0 aliphatic carbocycles. The Bertz CT molecular complexity index is 1740. The van der Waals surface area contributed by atoms with E-state index in [0.29, 0.717) is 5.75 Å². The maximum absolute atomic E-state index is 15.4. The molecular formula is C34H33ClF5N3O8. The quantitative estimate of drug-likeness (QED) is 0.153. The van der Waals surface area contributed by atoms with E-state index in [4.69, 9.17) is 26.2 Å². The van der Waals surface area contributed by atoms with E-state index in [2.05, 4.69) is 5.32 Å². The molecule has 0 bridgehead atoms. The van der Waals surface area contributed by atoms with Crippen LogP contribution in [0.25, 0.3) is 0 Å². The van der Waals surface area contributed by atoms with Crippen LogP contribution >= 0.6 is 11.6 Å². The summed E-state index contributed by atoms with van der Waals surface area (Å²) < 4.78 is 81.3. The number of amides is 3. The molecule has 3 amide bonds. The normalized spacial score (nSPS) is 13.4. The van der Waals surface area contributed by atoms with Gasteiger partial charge >= 0.3 is 18.1 Å². The van der Waals surface area contributed by atoms with Crippen molar-refractivity contribution >= 4 is 41.1 Å². The Morgan fingerprint density at radius 3 is 2.04 bits per heavy atom. The van der Waals surface area contributed by atoms with Gasteiger partial charge in [0.1, 0.15) is 23.6 Å². The maximum Gasteiger partial charge on any atom is 0.452 e. The summed E-state index contributed by atoms with van der Waals surface area (Å²) in [6.07, 6.45) is -5.84. The van der Waals surface area contributed by atoms with Gasteiger partial charge in [-0.3, -0.25) is 19.2 Å². The summed E-state index contributed by atoms with van der Waals surface area (Å²) in [5.74, 6) is -13.0. The van der Waals surface area contributed by atoms with Crippen molar-refractivity contribution in [3.8, 4) is 11.5 Å². The highest BCUT2D eigenvalue weighted by Crippen LogP contribution is 2.34. The standard InChI is InChI=1S/C34H33ClF5N3O8/c1-18(2)27(29(46)34(38,39)40)42-31(48)28(20-11-13-21(50-3)14-12-20)43-30(47)25(16-19-7-6-8-22(15-19)51-17-26(44)45)41-32(49)33(36,37)23-9-4-5-10-24(23)35/h4-15,18,25,27-28H,16-17H2,1-3H3,(H,41,49)(H,42,48)(H,43,47)(H,44,45)/t25-,27-,28-/m0/s1. The number of carboxylic acids is 1. The van der Waals surface area contributed by atoms with Crippen molar-refractivity contribution in [2.24, 2.45) is 5.92 Å². The van der Waals surface area contributed by atoms with E-state index < -0.39 is 89.2 Å². The molecule has 4 N–H and O–H groups in total. The van der Waals surface area contributed by atoms with Gasteiger partial charge < -0.3 is 30.5 Å². The Morgan fingerprint density at radius 2 is 1.47 bits per heavy atom. The molecule has 0 radical (unpaired) electrons. The Morgan fingerprint density at radius 1 is 0.824 bits per heavy atom. The second-order valence-corrected chi connectivity index (χ2v) is 11.8. The number of aliphatic carboxylic acids is 1. The molecule has 3 atom stereocenters. The molecule has 0 saturated heterocycles. The molecule has 0 fully saturated rings. The lowest BCUT2D eigenvalue weighted by atomic mass is 9.97. The van der Waals surface area contributed by atoms with Crippen LogP contribution < -0.4 is 25.4 Å². The molecule has 274 valence electrons. The number of carbonyl (C=O) groups is 5. The van der Waals surface area contributed by atoms with Crippen LogP contribution in [0.4, 0.5) is 22.0 Å². The van der Waals surface area contributed by atoms with Crippen molar-refractivity contribution in [3.05, 3.63) is 94.5 Å². The molecule has 51 heavy (non-hydrogen) atoms. The summed E-state index contributed by atoms with van der Waals surface area (Å²) in [7, 11) is 1.34. The number of ether oxygens (including phenoxy) is 2. The number of hydrogen-bond donors (Lipinski definition) is 4. The summed E-state index contributed by atoms with van der Waals surface area (Å²) in [6.45, 7) is 1.78. The fraction of sp³-hybridized carbons (Fsp3) is 0.324. The van der Waals surface area contributed by atoms with Gasteiger partial charge in [0.25, 0.3) is 11.7 Å². The molecule has 3 aromatic rings. The predicted molar refractivity (Wildman–Crippen MR) is 172 cm³/mol. The number of carbonyl (C=O) groups excluding carboxylic acids is 4. The summed E-state index contributed by atoms with van der Waals surface area (Å²) in [5, 5.41) is 14.8. The number of carboxylic acid groups (broad SMARTS) is 1. The van der Waals surface area contributed by atoms with Gasteiger partial charge in [-0.15, -0.1) is 0 Å². The minimum absolute atomic E-state index is 0.0147. The molecule has 0 unspecified atom stereocenters. The fourth-order valence-corrected chi connectivity index (χ4v) is 4.98. The molecular weight excluding hydrogens is 709 g/mol. The minimum Gasteiger partial charge on any atom is -0.497 e. The molecule has 0 saturated carbocycles. The average Bonchev–Trinajstić information content (AvgIpc) is 3.07. The zero-order chi connectivity index (χ0) is 38.1. The van der Waals surface area contributed by atoms with Crippen LogP contribution in [0.1, 0.15) is 36.6 Å². The Balaban J connectivity index is 2.04. The van der Waals surface area contributed by atoms with Crippen LogP contribution in [-0.4, -0.2) is 66.6 Å². The largest absolute Gasteiger partial charge is 0.497 e. The van der Waals surface area contributed by atoms with Gasteiger partial charge in [-0.05, 0) is 47.4 Å². The first-order valence-electron chi connectivity index (χ1n) is 15.1. The molecule has 0 aliphatic rings. The van der Waals surface area contributed by atoms with E-state index in [1.54, 1.807) is 0 Å². The number of alkyl halides is 5. The first kappa shape index (κ1) is 40.2. The SMILES string of the molecule is COc1ccc([C@H](NC(=O)[C@H](Cc2cccc(OCC(=O)O)c2)NC(=O)C(F)(F)c2ccccc2Cl)C(=O)N[C@H](C(=O)C(F)(F)F)C(C)C)cc1. The lowest BCUT2D eigenvalue weighted by Gasteiger charge is -2.28. The Kier molecular flexibility index (Phi) is 13.5. The van der Waals surface area contributed by atoms with Crippen molar-refractivity contribution < 1.29 is 60.5 Å². The predicted octanol–water partition coefficient (Wildman–Crippen LogP) is 4.76. The number of hydrogen-bond acceptors (Lipinski definition) is 7. The van der Waals surface area contributed by atoms with Gasteiger partial charge in [0.05, 0.1) is 18.2 Å². The third-order valence-electron chi connectivity index (χ3n) is 7.34. The molecule has 0 aliphatic heterocycles. The zero-order valence-corrected chi connectivity index (χ0v) is 28.0. The summed E-state index contributed by atoms with van der Waals surface area (Å²) >= 11 is 5.92. The number of methoxy groups -OCH3 is 1. The molecule has 0 aromatic heterocycles. The molecule has 3 rings (SSSR count). The number of halogens is 6. The highest BCUT2D eigenvalue weighted by atomic mass is 35.5. The van der Waals surface area contributed by atoms with Gasteiger partial charge in [-0.2, -0.15) is 22.0 Å². The zero-order valence-electron chi connectivity index (χ0n) is 27.2. The first-order chi connectivity index (χ1) is 23.8. The summed E-state index contributed by atoms with van der Waals surface area (Å²) in [6, 6.07) is 9.62. The van der Waals surface area contributed by atoms with Crippen LogP contribution in [0, 0.1) is 5.92 Å². The number of benzene rings is 3. The van der Waals surface area contributed by atoms with Crippen molar-refractivity contribution in [1.29, 1.82) is 0 Å². The van der Waals surface area contributed by atoms with Gasteiger partial charge in [-0.1, -0.05) is 67.9 Å². The van der Waals surface area contributed by atoms with Crippen LogP contribution in [0.15, 0.2) is 72.8 Å².